The average Bonchev–Trinajstić information content (AvgIpc) is 3.04. The number of ether oxygens (including phenoxy) is 1. The summed E-state index contributed by atoms with van der Waals surface area (Å²) in [5, 5.41) is 15.3. The van der Waals surface area contributed by atoms with Crippen molar-refractivity contribution in [3.63, 3.8) is 0 Å². The van der Waals surface area contributed by atoms with Crippen molar-refractivity contribution in [2.24, 2.45) is 0 Å². The Morgan fingerprint density at radius 3 is 2.62 bits per heavy atom. The molecule has 0 unspecified atom stereocenters. The minimum atomic E-state index is 0.0216. The van der Waals surface area contributed by atoms with Crippen molar-refractivity contribution in [3.05, 3.63) is 72.3 Å². The Kier molecular flexibility index (Phi) is 4.50. The number of aromatic nitrogens is 1. The molecule has 4 aromatic rings. The fraction of sp³-hybridized carbons (Fsp3) is 0.182. The van der Waals surface area contributed by atoms with Gasteiger partial charge in [-0.2, -0.15) is 0 Å². The van der Waals surface area contributed by atoms with Crippen LogP contribution in [0.5, 0.6) is 5.75 Å². The number of fused-ring (bicyclic) bond motifs is 3. The van der Waals surface area contributed by atoms with Gasteiger partial charge in [0.2, 0.25) is 0 Å². The number of rotatable bonds is 6. The molecule has 0 aliphatic heterocycles. The molecular weight excluding hydrogens is 324 g/mol. The first-order valence-electron chi connectivity index (χ1n) is 8.83. The molecule has 1 heterocycles. The standard InChI is InChI=1S/C22H22N2O2/c1-15(23-20-8-4-2-6-16(20)13-25)14-26-17-10-11-19-18-7-3-5-9-21(18)24-22(19)12-17/h2-12,15,23-25H,13-14H2,1H3/t15-/m1/s1. The molecule has 132 valence electrons. The zero-order chi connectivity index (χ0) is 17.9. The van der Waals surface area contributed by atoms with Gasteiger partial charge in [0.05, 0.1) is 18.2 Å². The summed E-state index contributed by atoms with van der Waals surface area (Å²) in [5.41, 5.74) is 4.04. The van der Waals surface area contributed by atoms with E-state index in [1.54, 1.807) is 0 Å². The number of aliphatic hydroxyl groups is 1. The number of para-hydroxylation sites is 2. The van der Waals surface area contributed by atoms with E-state index in [2.05, 4.69) is 41.5 Å². The van der Waals surface area contributed by atoms with Gasteiger partial charge in [-0.3, -0.25) is 0 Å². The summed E-state index contributed by atoms with van der Waals surface area (Å²) < 4.78 is 5.97. The molecule has 0 spiro atoms. The first-order valence-corrected chi connectivity index (χ1v) is 8.83. The van der Waals surface area contributed by atoms with Gasteiger partial charge in [0.15, 0.2) is 0 Å². The second kappa shape index (κ2) is 7.10. The lowest BCUT2D eigenvalue weighted by atomic mass is 10.1. The highest BCUT2D eigenvalue weighted by atomic mass is 16.5. The molecular formula is C22H22N2O2. The van der Waals surface area contributed by atoms with Gasteiger partial charge in [-0.05, 0) is 31.2 Å². The predicted molar refractivity (Wildman–Crippen MR) is 107 cm³/mol. The van der Waals surface area contributed by atoms with Gasteiger partial charge in [0.1, 0.15) is 12.4 Å². The molecule has 4 nitrogen and oxygen atoms in total. The molecule has 0 saturated carbocycles. The lowest BCUT2D eigenvalue weighted by Crippen LogP contribution is -2.24. The molecule has 0 aliphatic carbocycles. The van der Waals surface area contributed by atoms with Crippen molar-refractivity contribution in [3.8, 4) is 5.75 Å². The van der Waals surface area contributed by atoms with Gasteiger partial charge >= 0.3 is 0 Å². The molecule has 0 radical (unpaired) electrons. The molecule has 0 bridgehead atoms. The number of benzene rings is 3. The maximum absolute atomic E-state index is 9.43. The molecule has 0 amide bonds. The van der Waals surface area contributed by atoms with E-state index in [1.807, 2.05) is 42.5 Å². The van der Waals surface area contributed by atoms with Crippen LogP contribution in [-0.4, -0.2) is 22.7 Å². The number of hydrogen-bond acceptors (Lipinski definition) is 3. The van der Waals surface area contributed by atoms with Crippen molar-refractivity contribution < 1.29 is 9.84 Å². The molecule has 26 heavy (non-hydrogen) atoms. The smallest absolute Gasteiger partial charge is 0.121 e. The third-order valence-corrected chi connectivity index (χ3v) is 4.57. The number of nitrogens with one attached hydrogen (secondary N) is 2. The van der Waals surface area contributed by atoms with Crippen LogP contribution in [0, 0.1) is 0 Å². The largest absolute Gasteiger partial charge is 0.491 e. The molecule has 0 fully saturated rings. The van der Waals surface area contributed by atoms with Gasteiger partial charge in [0.25, 0.3) is 0 Å². The minimum absolute atomic E-state index is 0.0216. The Morgan fingerprint density at radius 1 is 0.962 bits per heavy atom. The summed E-state index contributed by atoms with van der Waals surface area (Å²) >= 11 is 0. The van der Waals surface area contributed by atoms with Crippen molar-refractivity contribution in [2.45, 2.75) is 19.6 Å². The number of hydrogen-bond donors (Lipinski definition) is 3. The monoisotopic (exact) mass is 346 g/mol. The Balaban J connectivity index is 1.46. The number of aliphatic hydroxyl groups excluding tert-OH is 1. The van der Waals surface area contributed by atoms with Crippen molar-refractivity contribution in [1.29, 1.82) is 0 Å². The zero-order valence-corrected chi connectivity index (χ0v) is 14.7. The molecule has 1 atom stereocenters. The Morgan fingerprint density at radius 2 is 1.73 bits per heavy atom. The van der Waals surface area contributed by atoms with E-state index in [9.17, 15) is 5.11 Å². The van der Waals surface area contributed by atoms with E-state index >= 15 is 0 Å². The second-order valence-electron chi connectivity index (χ2n) is 6.55. The first kappa shape index (κ1) is 16.5. The van der Waals surface area contributed by atoms with Gasteiger partial charge in [-0.25, -0.2) is 0 Å². The number of aromatic amines is 1. The van der Waals surface area contributed by atoms with Crippen LogP contribution in [0.1, 0.15) is 12.5 Å². The summed E-state index contributed by atoms with van der Waals surface area (Å²) in [5.74, 6) is 0.841. The summed E-state index contributed by atoms with van der Waals surface area (Å²) in [6.45, 7) is 2.62. The fourth-order valence-electron chi connectivity index (χ4n) is 3.25. The van der Waals surface area contributed by atoms with Crippen molar-refractivity contribution >= 4 is 27.5 Å². The van der Waals surface area contributed by atoms with Crippen LogP contribution in [0.25, 0.3) is 21.8 Å². The topological polar surface area (TPSA) is 57.3 Å². The zero-order valence-electron chi connectivity index (χ0n) is 14.7. The highest BCUT2D eigenvalue weighted by Gasteiger charge is 2.08. The molecule has 4 rings (SSSR count). The van der Waals surface area contributed by atoms with E-state index in [-0.39, 0.29) is 12.6 Å². The maximum atomic E-state index is 9.43. The van der Waals surface area contributed by atoms with Crippen molar-refractivity contribution in [2.75, 3.05) is 11.9 Å². The Bertz CT molecular complexity index is 1040. The minimum Gasteiger partial charge on any atom is -0.491 e. The molecule has 3 N–H and O–H groups in total. The highest BCUT2D eigenvalue weighted by molar-refractivity contribution is 6.07. The fourth-order valence-corrected chi connectivity index (χ4v) is 3.25. The van der Waals surface area contributed by atoms with Crippen LogP contribution in [-0.2, 0) is 6.61 Å². The van der Waals surface area contributed by atoms with E-state index in [0.29, 0.717) is 6.61 Å². The third-order valence-electron chi connectivity index (χ3n) is 4.57. The Labute approximate surface area is 152 Å². The van der Waals surface area contributed by atoms with E-state index in [0.717, 1.165) is 28.0 Å². The van der Waals surface area contributed by atoms with Crippen LogP contribution < -0.4 is 10.1 Å². The quantitative estimate of drug-likeness (QED) is 0.474. The average molecular weight is 346 g/mol. The SMILES string of the molecule is C[C@H](COc1ccc2c(c1)[nH]c1ccccc12)Nc1ccccc1CO. The summed E-state index contributed by atoms with van der Waals surface area (Å²) in [6, 6.07) is 22.3. The maximum Gasteiger partial charge on any atom is 0.121 e. The molecule has 1 aromatic heterocycles. The lowest BCUT2D eigenvalue weighted by molar-refractivity contribution is 0.281. The van der Waals surface area contributed by atoms with Crippen LogP contribution in [0.4, 0.5) is 5.69 Å². The molecule has 0 saturated heterocycles. The number of H-pyrrole nitrogens is 1. The third kappa shape index (κ3) is 3.24. The highest BCUT2D eigenvalue weighted by Crippen LogP contribution is 2.28. The van der Waals surface area contributed by atoms with Gasteiger partial charge in [-0.1, -0.05) is 36.4 Å². The molecule has 4 heteroatoms. The first-order chi connectivity index (χ1) is 12.7. The number of anilines is 1. The molecule has 3 aromatic carbocycles. The summed E-state index contributed by atoms with van der Waals surface area (Å²) in [6.07, 6.45) is 0. The van der Waals surface area contributed by atoms with Crippen LogP contribution >= 0.6 is 0 Å². The van der Waals surface area contributed by atoms with Crippen molar-refractivity contribution in [1.82, 2.24) is 4.98 Å². The van der Waals surface area contributed by atoms with Gasteiger partial charge < -0.3 is 20.1 Å². The lowest BCUT2D eigenvalue weighted by Gasteiger charge is -2.18. The predicted octanol–water partition coefficient (Wildman–Crippen LogP) is 4.69. The summed E-state index contributed by atoms with van der Waals surface area (Å²) in [7, 11) is 0. The van der Waals surface area contributed by atoms with E-state index < -0.39 is 0 Å². The second-order valence-corrected chi connectivity index (χ2v) is 6.55. The van der Waals surface area contributed by atoms with Crippen LogP contribution in [0.15, 0.2) is 66.7 Å². The summed E-state index contributed by atoms with van der Waals surface area (Å²) in [4.78, 5) is 3.44. The Hall–Kier alpha value is -2.98. The normalized spacial score (nSPS) is 12.4. The van der Waals surface area contributed by atoms with Gasteiger partial charge in [-0.15, -0.1) is 0 Å². The van der Waals surface area contributed by atoms with Crippen LogP contribution in [0.2, 0.25) is 0 Å². The van der Waals surface area contributed by atoms with Crippen LogP contribution in [0.3, 0.4) is 0 Å². The van der Waals surface area contributed by atoms with E-state index in [4.69, 9.17) is 4.74 Å². The van der Waals surface area contributed by atoms with Gasteiger partial charge in [0, 0.05) is 33.6 Å². The van der Waals surface area contributed by atoms with E-state index in [1.165, 1.54) is 10.8 Å². The molecule has 0 aliphatic rings.